The number of nitrogens with zero attached hydrogens (tertiary/aromatic N) is 1. The van der Waals surface area contributed by atoms with Gasteiger partial charge in [-0.2, -0.15) is 0 Å². The number of rotatable bonds is 45. The summed E-state index contributed by atoms with van der Waals surface area (Å²) >= 11 is 0. The van der Waals surface area contributed by atoms with Crippen LogP contribution in [-0.2, 0) is 23.9 Å². The van der Waals surface area contributed by atoms with Crippen LogP contribution >= 0.6 is 0 Å². The van der Waals surface area contributed by atoms with Crippen LogP contribution in [-0.4, -0.2) is 78.5 Å². The predicted molar refractivity (Wildman–Crippen MR) is 256 cm³/mol. The zero-order valence-electron chi connectivity index (χ0n) is 40.7. The second-order valence-corrected chi connectivity index (χ2v) is 18.6. The van der Waals surface area contributed by atoms with E-state index in [-0.39, 0.29) is 36.1 Å². The molecule has 9 heteroatoms. The van der Waals surface area contributed by atoms with Crippen molar-refractivity contribution < 1.29 is 29.0 Å². The van der Waals surface area contributed by atoms with E-state index in [9.17, 15) is 19.5 Å². The number of amides is 1. The first kappa shape index (κ1) is 57.3. The van der Waals surface area contributed by atoms with Crippen molar-refractivity contribution in [3.05, 3.63) is 0 Å². The Morgan fingerprint density at radius 1 is 0.525 bits per heavy atom. The number of unbranched alkanes of at least 4 members (excludes halogenated alkanes) is 23. The topological polar surface area (TPSA) is 117 Å². The van der Waals surface area contributed by atoms with E-state index in [0.717, 1.165) is 122 Å². The first-order valence-corrected chi connectivity index (χ1v) is 26.7. The van der Waals surface area contributed by atoms with E-state index in [1.807, 2.05) is 0 Å². The van der Waals surface area contributed by atoms with Crippen LogP contribution in [0, 0.1) is 0 Å². The minimum atomic E-state index is -0.575. The molecule has 1 amide bonds. The summed E-state index contributed by atoms with van der Waals surface area (Å²) in [5.74, 6) is -0.0313. The van der Waals surface area contributed by atoms with E-state index < -0.39 is 6.23 Å². The van der Waals surface area contributed by atoms with Gasteiger partial charge in [-0.25, -0.2) is 0 Å². The Kier molecular flexibility index (Phi) is 39.7. The molecule has 1 aliphatic heterocycles. The third-order valence-electron chi connectivity index (χ3n) is 12.8. The monoisotopic (exact) mass is 864 g/mol. The summed E-state index contributed by atoms with van der Waals surface area (Å²) in [4.78, 5) is 40.5. The van der Waals surface area contributed by atoms with Gasteiger partial charge in [-0.3, -0.25) is 19.7 Å². The first-order valence-electron chi connectivity index (χ1n) is 26.7. The standard InChI is InChI=1S/C52H101N3O6/c1-5-9-12-15-20-27-35-46(8-4)60-50(57)38-30-23-18-25-32-43-55(45-34-42-53-52(59)48-40-41-49(56)54-48)44-33-26-19-24-31-39-51(58)61-47(36-28-21-16-13-10-6-2)37-29-22-17-14-11-7-3/h46-49,54,56H,5-45H2,1-4H3,(H,53,59). The third kappa shape index (κ3) is 35.3. The maximum absolute atomic E-state index is 12.9. The Hall–Kier alpha value is -1.71. The van der Waals surface area contributed by atoms with Crippen molar-refractivity contribution in [2.75, 3.05) is 26.2 Å². The molecule has 1 heterocycles. The molecule has 0 aliphatic carbocycles. The van der Waals surface area contributed by atoms with E-state index in [0.29, 0.717) is 32.2 Å². The van der Waals surface area contributed by atoms with Gasteiger partial charge in [-0.05, 0) is 110 Å². The average molecular weight is 864 g/mol. The Morgan fingerprint density at radius 2 is 0.918 bits per heavy atom. The van der Waals surface area contributed by atoms with Crippen LogP contribution < -0.4 is 10.6 Å². The maximum Gasteiger partial charge on any atom is 0.306 e. The lowest BCUT2D eigenvalue weighted by molar-refractivity contribution is -0.150. The number of carbonyl (C=O) groups excluding carboxylic acids is 3. The number of carbonyl (C=O) groups is 3. The van der Waals surface area contributed by atoms with Crippen molar-refractivity contribution in [2.45, 2.75) is 290 Å². The van der Waals surface area contributed by atoms with Crippen LogP contribution in [0.1, 0.15) is 265 Å². The van der Waals surface area contributed by atoms with Crippen LogP contribution in [0.5, 0.6) is 0 Å². The van der Waals surface area contributed by atoms with Crippen molar-refractivity contribution in [3.8, 4) is 0 Å². The highest BCUT2D eigenvalue weighted by atomic mass is 16.5. The van der Waals surface area contributed by atoms with Gasteiger partial charge in [0.15, 0.2) is 0 Å². The van der Waals surface area contributed by atoms with E-state index in [4.69, 9.17) is 9.47 Å². The van der Waals surface area contributed by atoms with Crippen LogP contribution in [0.3, 0.4) is 0 Å². The first-order chi connectivity index (χ1) is 29.8. The molecule has 0 aromatic rings. The number of esters is 2. The molecule has 61 heavy (non-hydrogen) atoms. The number of hydrogen-bond acceptors (Lipinski definition) is 8. The molecule has 3 atom stereocenters. The third-order valence-corrected chi connectivity index (χ3v) is 12.8. The SMILES string of the molecule is CCCCCCCCC(CC)OC(=O)CCCCCCCN(CCCCCCCC(=O)OC(CCCCCCCC)CCCCCCCC)CCCNC(=O)C1CCC(O)N1. The Morgan fingerprint density at radius 3 is 1.36 bits per heavy atom. The molecule has 0 aromatic heterocycles. The number of aliphatic hydroxyl groups excluding tert-OH is 1. The fourth-order valence-corrected chi connectivity index (χ4v) is 8.73. The molecule has 9 nitrogen and oxygen atoms in total. The van der Waals surface area contributed by atoms with Gasteiger partial charge in [0, 0.05) is 19.4 Å². The highest BCUT2D eigenvalue weighted by Crippen LogP contribution is 2.19. The zero-order valence-corrected chi connectivity index (χ0v) is 40.7. The molecule has 360 valence electrons. The van der Waals surface area contributed by atoms with Gasteiger partial charge in [0.05, 0.1) is 6.04 Å². The number of ether oxygens (including phenoxy) is 2. The van der Waals surface area contributed by atoms with Gasteiger partial charge in [0.1, 0.15) is 18.4 Å². The molecular formula is C52H101N3O6. The lowest BCUT2D eigenvalue weighted by Gasteiger charge is -2.23. The van der Waals surface area contributed by atoms with Crippen molar-refractivity contribution in [2.24, 2.45) is 0 Å². The predicted octanol–water partition coefficient (Wildman–Crippen LogP) is 13.0. The number of aliphatic hydroxyl groups is 1. The Balaban J connectivity index is 2.38. The summed E-state index contributed by atoms with van der Waals surface area (Å²) in [6.07, 6.45) is 40.5. The van der Waals surface area contributed by atoms with Crippen molar-refractivity contribution >= 4 is 17.8 Å². The highest BCUT2D eigenvalue weighted by molar-refractivity contribution is 5.82. The molecule has 0 spiro atoms. The Bertz CT molecular complexity index is 998. The maximum atomic E-state index is 12.9. The van der Waals surface area contributed by atoms with Crippen molar-refractivity contribution in [1.29, 1.82) is 0 Å². The second kappa shape index (κ2) is 42.3. The van der Waals surface area contributed by atoms with Crippen molar-refractivity contribution in [3.63, 3.8) is 0 Å². The highest BCUT2D eigenvalue weighted by Gasteiger charge is 2.27. The van der Waals surface area contributed by atoms with E-state index in [1.54, 1.807) is 0 Å². The van der Waals surface area contributed by atoms with Gasteiger partial charge >= 0.3 is 11.9 Å². The van der Waals surface area contributed by atoms with Gasteiger partial charge in [0.25, 0.3) is 0 Å². The lowest BCUT2D eigenvalue weighted by atomic mass is 10.0. The molecule has 3 unspecified atom stereocenters. The minimum absolute atomic E-state index is 0.00370. The van der Waals surface area contributed by atoms with Crippen LogP contribution in [0.15, 0.2) is 0 Å². The molecule has 1 rings (SSSR count). The van der Waals surface area contributed by atoms with Crippen molar-refractivity contribution in [1.82, 2.24) is 15.5 Å². The van der Waals surface area contributed by atoms with Gasteiger partial charge in [-0.15, -0.1) is 0 Å². The lowest BCUT2D eigenvalue weighted by Crippen LogP contribution is -2.43. The molecule has 1 aliphatic rings. The molecule has 0 saturated carbocycles. The molecule has 0 aromatic carbocycles. The molecule has 0 radical (unpaired) electrons. The summed E-state index contributed by atoms with van der Waals surface area (Å²) in [5, 5.41) is 15.8. The number of hydrogen-bond donors (Lipinski definition) is 3. The molecule has 0 bridgehead atoms. The van der Waals surface area contributed by atoms with Gasteiger partial charge in [-0.1, -0.05) is 163 Å². The largest absolute Gasteiger partial charge is 0.462 e. The summed E-state index contributed by atoms with van der Waals surface area (Å²) in [6.45, 7) is 12.6. The number of nitrogens with one attached hydrogen (secondary N) is 2. The molecule has 3 N–H and O–H groups in total. The van der Waals surface area contributed by atoms with Gasteiger partial charge in [0.2, 0.25) is 5.91 Å². The quantitative estimate of drug-likeness (QED) is 0.0409. The molecular weight excluding hydrogens is 763 g/mol. The molecule has 1 fully saturated rings. The van der Waals surface area contributed by atoms with E-state index in [1.165, 1.54) is 109 Å². The second-order valence-electron chi connectivity index (χ2n) is 18.6. The fourth-order valence-electron chi connectivity index (χ4n) is 8.73. The van der Waals surface area contributed by atoms with Crippen LogP contribution in [0.2, 0.25) is 0 Å². The normalized spacial score (nSPS) is 15.8. The molecule has 1 saturated heterocycles. The van der Waals surface area contributed by atoms with E-state index >= 15 is 0 Å². The Labute approximate surface area is 377 Å². The minimum Gasteiger partial charge on any atom is -0.462 e. The summed E-state index contributed by atoms with van der Waals surface area (Å²) in [7, 11) is 0. The average Bonchev–Trinajstić information content (AvgIpc) is 3.70. The smallest absolute Gasteiger partial charge is 0.306 e. The van der Waals surface area contributed by atoms with Crippen LogP contribution in [0.4, 0.5) is 0 Å². The summed E-state index contributed by atoms with van der Waals surface area (Å²) in [5.41, 5.74) is 0. The van der Waals surface area contributed by atoms with Gasteiger partial charge < -0.3 is 24.8 Å². The van der Waals surface area contributed by atoms with Crippen LogP contribution in [0.25, 0.3) is 0 Å². The zero-order chi connectivity index (χ0) is 44.4. The summed E-state index contributed by atoms with van der Waals surface area (Å²) in [6, 6.07) is -0.287. The summed E-state index contributed by atoms with van der Waals surface area (Å²) < 4.78 is 11.9. The van der Waals surface area contributed by atoms with E-state index in [2.05, 4.69) is 43.2 Å². The fraction of sp³-hybridized carbons (Fsp3) is 0.942.